The van der Waals surface area contributed by atoms with Crippen molar-refractivity contribution in [2.24, 2.45) is 33.0 Å². The summed E-state index contributed by atoms with van der Waals surface area (Å²) in [7, 11) is 0. The minimum Gasteiger partial charge on any atom is -0.504 e. The molecule has 0 radical (unpaired) electrons. The Balaban J connectivity index is 1.61. The number of amides is 1. The molecule has 5 nitrogen and oxygen atoms in total. The summed E-state index contributed by atoms with van der Waals surface area (Å²) in [5, 5.41) is 22.6. The maximum Gasteiger partial charge on any atom is 0.226 e. The molecule has 0 spiro atoms. The van der Waals surface area contributed by atoms with Crippen molar-refractivity contribution in [1.82, 2.24) is 5.32 Å². The summed E-state index contributed by atoms with van der Waals surface area (Å²) in [6.07, 6.45) is 14.3. The van der Waals surface area contributed by atoms with Crippen molar-refractivity contribution in [3.63, 3.8) is 0 Å². The smallest absolute Gasteiger partial charge is 0.226 e. The van der Waals surface area contributed by atoms with Gasteiger partial charge >= 0.3 is 0 Å². The Bertz CT molecular complexity index is 1180. The van der Waals surface area contributed by atoms with Gasteiger partial charge in [-0.05, 0) is 97.7 Å². The van der Waals surface area contributed by atoms with Crippen LogP contribution in [-0.2, 0) is 9.59 Å². The first-order valence-corrected chi connectivity index (χ1v) is 14.3. The van der Waals surface area contributed by atoms with Crippen LogP contribution in [0.5, 0.6) is 0 Å². The number of hydrogen-bond donors (Lipinski definition) is 3. The van der Waals surface area contributed by atoms with E-state index in [4.69, 9.17) is 0 Å². The van der Waals surface area contributed by atoms with E-state index in [-0.39, 0.29) is 45.7 Å². The molecule has 0 bridgehead atoms. The van der Waals surface area contributed by atoms with E-state index in [1.165, 1.54) is 5.57 Å². The molecule has 3 fully saturated rings. The van der Waals surface area contributed by atoms with Crippen LogP contribution in [0, 0.1) is 33.0 Å². The molecule has 3 saturated carbocycles. The predicted octanol–water partition coefficient (Wildman–Crippen LogP) is 6.11. The Morgan fingerprint density at radius 3 is 2.43 bits per heavy atom. The zero-order chi connectivity index (χ0) is 27.0. The van der Waals surface area contributed by atoms with Crippen LogP contribution in [0.25, 0.3) is 0 Å². The average Bonchev–Trinajstić information content (AvgIpc) is 2.87. The van der Waals surface area contributed by atoms with E-state index in [2.05, 4.69) is 52.1 Å². The van der Waals surface area contributed by atoms with Gasteiger partial charge in [0.1, 0.15) is 0 Å². The summed E-state index contributed by atoms with van der Waals surface area (Å²) < 4.78 is 0. The van der Waals surface area contributed by atoms with Gasteiger partial charge in [0.2, 0.25) is 11.7 Å². The number of fused-ring (bicyclic) bond motifs is 7. The number of allylic oxidation sites excluding steroid dienone is 7. The summed E-state index contributed by atoms with van der Waals surface area (Å²) in [4.78, 5) is 26.0. The molecule has 5 rings (SSSR count). The number of aliphatic hydroxyl groups is 2. The van der Waals surface area contributed by atoms with Crippen molar-refractivity contribution >= 4 is 11.7 Å². The monoisotopic (exact) mass is 507 g/mol. The second kappa shape index (κ2) is 8.43. The summed E-state index contributed by atoms with van der Waals surface area (Å²) >= 11 is 0. The van der Waals surface area contributed by atoms with E-state index in [1.807, 2.05) is 6.92 Å². The topological polar surface area (TPSA) is 86.6 Å². The Kier molecular flexibility index (Phi) is 6.03. The summed E-state index contributed by atoms with van der Waals surface area (Å²) in [6.45, 7) is 13.9. The standard InChI is InChI=1S/C32H45NO4/c1-7-32-15-13-30(5)22-18-23(35)26(36)20(2)21(22)8-9-24(30)31(32,6)14-12-28(3)10-11-29(4,19-25(28)32)27(37)33-16-17-34/h8-9,18,25,34,36H,7,10-17,19H2,1-6H3,(H,33,37)/t25-,28-,29-,30+,31-,32+/m1/s1. The second-order valence-corrected chi connectivity index (χ2v) is 13.7. The Labute approximate surface area is 222 Å². The van der Waals surface area contributed by atoms with E-state index in [0.717, 1.165) is 62.5 Å². The van der Waals surface area contributed by atoms with Gasteiger partial charge in [-0.1, -0.05) is 52.3 Å². The van der Waals surface area contributed by atoms with Crippen LogP contribution in [0.15, 0.2) is 46.3 Å². The molecule has 5 heteroatoms. The van der Waals surface area contributed by atoms with Gasteiger partial charge in [-0.2, -0.15) is 0 Å². The molecular formula is C32H45NO4. The fourth-order valence-electron chi connectivity index (χ4n) is 9.61. The number of carbonyl (C=O) groups is 2. The van der Waals surface area contributed by atoms with E-state index < -0.39 is 5.41 Å². The minimum atomic E-state index is -0.424. The van der Waals surface area contributed by atoms with Crippen LogP contribution in [0.4, 0.5) is 0 Å². The summed E-state index contributed by atoms with van der Waals surface area (Å²) in [5.74, 6) is 0.0959. The zero-order valence-corrected chi connectivity index (χ0v) is 23.6. The van der Waals surface area contributed by atoms with E-state index in [0.29, 0.717) is 18.0 Å². The molecule has 0 heterocycles. The minimum absolute atomic E-state index is 0.0348. The molecular weight excluding hydrogens is 462 g/mol. The lowest BCUT2D eigenvalue weighted by molar-refractivity contribution is -0.177. The van der Waals surface area contributed by atoms with Gasteiger partial charge in [-0.25, -0.2) is 0 Å². The van der Waals surface area contributed by atoms with E-state index in [9.17, 15) is 19.8 Å². The highest BCUT2D eigenvalue weighted by Crippen LogP contribution is 2.76. The Morgan fingerprint density at radius 1 is 1.05 bits per heavy atom. The van der Waals surface area contributed by atoms with Gasteiger partial charge in [0.25, 0.3) is 0 Å². The van der Waals surface area contributed by atoms with Crippen LogP contribution in [0.1, 0.15) is 92.9 Å². The number of carbonyl (C=O) groups excluding carboxylic acids is 2. The van der Waals surface area contributed by atoms with Gasteiger partial charge in [0.15, 0.2) is 5.76 Å². The summed E-state index contributed by atoms with van der Waals surface area (Å²) in [6, 6.07) is 0. The van der Waals surface area contributed by atoms with Crippen molar-refractivity contribution < 1.29 is 19.8 Å². The summed E-state index contributed by atoms with van der Waals surface area (Å²) in [5.41, 5.74) is 3.77. The maximum absolute atomic E-state index is 13.3. The largest absolute Gasteiger partial charge is 0.504 e. The van der Waals surface area contributed by atoms with Gasteiger partial charge in [0, 0.05) is 22.9 Å². The van der Waals surface area contributed by atoms with Crippen LogP contribution >= 0.6 is 0 Å². The second-order valence-electron chi connectivity index (χ2n) is 13.7. The molecule has 0 aromatic carbocycles. The third kappa shape index (κ3) is 3.38. The molecule has 5 aliphatic rings. The van der Waals surface area contributed by atoms with Gasteiger partial charge in [0.05, 0.1) is 6.61 Å². The average molecular weight is 508 g/mol. The van der Waals surface area contributed by atoms with Crippen LogP contribution in [0.2, 0.25) is 0 Å². The lowest BCUT2D eigenvalue weighted by Crippen LogP contribution is -2.63. The van der Waals surface area contributed by atoms with Crippen LogP contribution in [0.3, 0.4) is 0 Å². The zero-order valence-electron chi connectivity index (χ0n) is 23.6. The highest BCUT2D eigenvalue weighted by Gasteiger charge is 2.68. The highest BCUT2D eigenvalue weighted by molar-refractivity contribution is 6.06. The third-order valence-corrected chi connectivity index (χ3v) is 12.1. The number of ketones is 1. The fourth-order valence-corrected chi connectivity index (χ4v) is 9.61. The molecule has 6 atom stereocenters. The molecule has 0 saturated heterocycles. The fraction of sp³-hybridized carbons (Fsp3) is 0.688. The van der Waals surface area contributed by atoms with Crippen LogP contribution < -0.4 is 5.32 Å². The molecule has 37 heavy (non-hydrogen) atoms. The lowest BCUT2D eigenvalue weighted by atomic mass is 9.33. The first-order chi connectivity index (χ1) is 17.3. The lowest BCUT2D eigenvalue weighted by Gasteiger charge is -2.71. The molecule has 1 amide bonds. The molecule has 0 aliphatic heterocycles. The van der Waals surface area contributed by atoms with Crippen molar-refractivity contribution in [2.75, 3.05) is 13.2 Å². The van der Waals surface area contributed by atoms with E-state index in [1.54, 1.807) is 6.08 Å². The highest BCUT2D eigenvalue weighted by atomic mass is 16.3. The first kappa shape index (κ1) is 26.5. The molecule has 0 aromatic rings. The van der Waals surface area contributed by atoms with Crippen LogP contribution in [-0.4, -0.2) is 35.1 Å². The van der Waals surface area contributed by atoms with Crippen molar-refractivity contribution in [3.8, 4) is 0 Å². The first-order valence-electron chi connectivity index (χ1n) is 14.3. The molecule has 5 aliphatic carbocycles. The number of nitrogens with one attached hydrogen (secondary N) is 1. The third-order valence-electron chi connectivity index (χ3n) is 12.1. The van der Waals surface area contributed by atoms with Gasteiger partial charge in [-0.3, -0.25) is 9.59 Å². The quantitative estimate of drug-likeness (QED) is 0.428. The predicted molar refractivity (Wildman–Crippen MR) is 146 cm³/mol. The Morgan fingerprint density at radius 2 is 1.76 bits per heavy atom. The number of aliphatic hydroxyl groups excluding tert-OH is 2. The van der Waals surface area contributed by atoms with Crippen molar-refractivity contribution in [2.45, 2.75) is 92.9 Å². The normalized spacial score (nSPS) is 42.9. The van der Waals surface area contributed by atoms with Crippen molar-refractivity contribution in [3.05, 3.63) is 46.3 Å². The van der Waals surface area contributed by atoms with Crippen molar-refractivity contribution in [1.29, 1.82) is 0 Å². The van der Waals surface area contributed by atoms with Gasteiger partial charge in [-0.15, -0.1) is 0 Å². The molecule has 202 valence electrons. The Hall–Kier alpha value is -2.14. The van der Waals surface area contributed by atoms with Gasteiger partial charge < -0.3 is 15.5 Å². The molecule has 0 unspecified atom stereocenters. The molecule has 3 N–H and O–H groups in total. The SMILES string of the molecule is CC[C@@]12CC[C@@]3(C)C4=CC(=O)C(O)=C(C)C4=CC=C3[C@@]1(C)CC[C@@]1(C)CC[C@@](C)(C(=O)NCCO)C[C@H]12. The number of rotatable bonds is 4. The number of hydrogen-bond acceptors (Lipinski definition) is 4. The van der Waals surface area contributed by atoms with E-state index >= 15 is 0 Å². The molecule has 0 aromatic heterocycles. The maximum atomic E-state index is 13.3.